The second-order valence-corrected chi connectivity index (χ2v) is 3.64. The molecule has 0 unspecified atom stereocenters. The van der Waals surface area contributed by atoms with Crippen LogP contribution in [0.15, 0.2) is 29.6 Å². The van der Waals surface area contributed by atoms with Crippen LogP contribution in [-0.2, 0) is 0 Å². The molecule has 2 rings (SSSR count). The molecule has 0 bridgehead atoms. The second-order valence-electron chi connectivity index (χ2n) is 3.64. The molecule has 1 aliphatic rings. The fraction of sp³-hybridized carbons (Fsp3) is 0.455. The first-order valence-corrected chi connectivity index (χ1v) is 5.03. The summed E-state index contributed by atoms with van der Waals surface area (Å²) in [6.45, 7) is 0. The smallest absolute Gasteiger partial charge is 0.0661 e. The van der Waals surface area contributed by atoms with E-state index < -0.39 is 0 Å². The zero-order valence-corrected chi connectivity index (χ0v) is 8.06. The zero-order chi connectivity index (χ0) is 9.80. The number of rotatable bonds is 1. The van der Waals surface area contributed by atoms with Gasteiger partial charge in [-0.3, -0.25) is 4.98 Å². The molecule has 1 aromatic rings. The van der Waals surface area contributed by atoms with Crippen LogP contribution in [0.3, 0.4) is 0 Å². The fourth-order valence-corrected chi connectivity index (χ4v) is 2.02. The van der Waals surface area contributed by atoms with Crippen LogP contribution in [0, 0.1) is 0 Å². The fourth-order valence-electron chi connectivity index (χ4n) is 2.02. The molecule has 1 heterocycles. The van der Waals surface area contributed by atoms with Gasteiger partial charge in [0, 0.05) is 17.8 Å². The molecule has 3 nitrogen and oxygen atoms in total. The summed E-state index contributed by atoms with van der Waals surface area (Å²) in [6.07, 6.45) is 6.07. The zero-order valence-electron chi connectivity index (χ0n) is 8.06. The van der Waals surface area contributed by atoms with Crippen molar-refractivity contribution in [3.05, 3.63) is 30.1 Å². The van der Waals surface area contributed by atoms with E-state index in [1.807, 2.05) is 18.2 Å². The van der Waals surface area contributed by atoms with Crippen molar-refractivity contribution in [3.63, 3.8) is 0 Å². The Hall–Kier alpha value is -1.38. The predicted octanol–water partition coefficient (Wildman–Crippen LogP) is 2.57. The molecule has 0 radical (unpaired) electrons. The van der Waals surface area contributed by atoms with Gasteiger partial charge >= 0.3 is 0 Å². The third-order valence-electron chi connectivity index (χ3n) is 2.75. The Morgan fingerprint density at radius 3 is 3.00 bits per heavy atom. The van der Waals surface area contributed by atoms with E-state index in [-0.39, 0.29) is 5.92 Å². The first kappa shape index (κ1) is 9.19. The molecule has 0 saturated heterocycles. The van der Waals surface area contributed by atoms with Gasteiger partial charge in [-0.15, -0.1) is 0 Å². The largest absolute Gasteiger partial charge is 0.411 e. The lowest BCUT2D eigenvalue weighted by molar-refractivity contribution is 0.312. The summed E-state index contributed by atoms with van der Waals surface area (Å²) < 4.78 is 0. The van der Waals surface area contributed by atoms with Crippen molar-refractivity contribution in [2.75, 3.05) is 0 Å². The molecule has 1 saturated carbocycles. The summed E-state index contributed by atoms with van der Waals surface area (Å²) in [5.74, 6) is 0.231. The molecule has 3 heteroatoms. The Morgan fingerprint density at radius 1 is 1.36 bits per heavy atom. The van der Waals surface area contributed by atoms with E-state index in [0.717, 1.165) is 30.7 Å². The first-order valence-electron chi connectivity index (χ1n) is 5.03. The average Bonchev–Trinajstić information content (AvgIpc) is 2.30. The summed E-state index contributed by atoms with van der Waals surface area (Å²) in [5.41, 5.74) is 1.91. The Labute approximate surface area is 83.5 Å². The Balaban J connectivity index is 2.24. The highest BCUT2D eigenvalue weighted by molar-refractivity contribution is 5.90. The lowest BCUT2D eigenvalue weighted by Gasteiger charge is -2.22. The van der Waals surface area contributed by atoms with Crippen LogP contribution in [0.25, 0.3) is 0 Å². The Morgan fingerprint density at radius 2 is 2.29 bits per heavy atom. The summed E-state index contributed by atoms with van der Waals surface area (Å²) in [6, 6.07) is 5.88. The molecule has 0 aliphatic heterocycles. The van der Waals surface area contributed by atoms with Crippen LogP contribution >= 0.6 is 0 Å². The van der Waals surface area contributed by atoms with Crippen LogP contribution in [0.1, 0.15) is 37.3 Å². The van der Waals surface area contributed by atoms with Crippen molar-refractivity contribution in [3.8, 4) is 0 Å². The minimum Gasteiger partial charge on any atom is -0.411 e. The number of nitrogens with zero attached hydrogens (tertiary/aromatic N) is 2. The maximum atomic E-state index is 8.88. The normalized spacial score (nSPS) is 25.1. The molecule has 1 aromatic heterocycles. The average molecular weight is 190 g/mol. The van der Waals surface area contributed by atoms with Gasteiger partial charge in [0.2, 0.25) is 0 Å². The van der Waals surface area contributed by atoms with Gasteiger partial charge in [0.25, 0.3) is 0 Å². The van der Waals surface area contributed by atoms with Crippen LogP contribution < -0.4 is 0 Å². The van der Waals surface area contributed by atoms with E-state index in [1.165, 1.54) is 6.42 Å². The minimum absolute atomic E-state index is 0.231. The van der Waals surface area contributed by atoms with E-state index in [1.54, 1.807) is 6.20 Å². The highest BCUT2D eigenvalue weighted by Gasteiger charge is 2.23. The van der Waals surface area contributed by atoms with Crippen LogP contribution in [0.4, 0.5) is 0 Å². The molecule has 14 heavy (non-hydrogen) atoms. The van der Waals surface area contributed by atoms with E-state index in [9.17, 15) is 0 Å². The molecule has 1 N–H and O–H groups in total. The van der Waals surface area contributed by atoms with Crippen molar-refractivity contribution in [2.45, 2.75) is 31.6 Å². The number of pyridine rings is 1. The Bertz CT molecular complexity index is 321. The first-order chi connectivity index (χ1) is 6.92. The molecule has 0 aromatic carbocycles. The third-order valence-corrected chi connectivity index (χ3v) is 2.75. The quantitative estimate of drug-likeness (QED) is 0.546. The molecule has 1 aliphatic carbocycles. The van der Waals surface area contributed by atoms with Crippen LogP contribution in [0.2, 0.25) is 0 Å². The van der Waals surface area contributed by atoms with Gasteiger partial charge in [-0.2, -0.15) is 0 Å². The van der Waals surface area contributed by atoms with Crippen molar-refractivity contribution in [1.29, 1.82) is 0 Å². The Kier molecular flexibility index (Phi) is 2.77. The van der Waals surface area contributed by atoms with Crippen LogP contribution in [-0.4, -0.2) is 15.9 Å². The van der Waals surface area contributed by atoms with E-state index in [0.29, 0.717) is 0 Å². The van der Waals surface area contributed by atoms with Gasteiger partial charge in [0.15, 0.2) is 0 Å². The van der Waals surface area contributed by atoms with Crippen molar-refractivity contribution >= 4 is 5.71 Å². The maximum absolute atomic E-state index is 8.88. The van der Waals surface area contributed by atoms with Crippen molar-refractivity contribution < 1.29 is 5.21 Å². The highest BCUT2D eigenvalue weighted by Crippen LogP contribution is 2.29. The number of oxime groups is 1. The number of hydrogen-bond acceptors (Lipinski definition) is 3. The summed E-state index contributed by atoms with van der Waals surface area (Å²) >= 11 is 0. The minimum atomic E-state index is 0.231. The van der Waals surface area contributed by atoms with Gasteiger partial charge in [0.05, 0.1) is 5.71 Å². The van der Waals surface area contributed by atoms with Crippen molar-refractivity contribution in [2.24, 2.45) is 5.16 Å². The van der Waals surface area contributed by atoms with E-state index in [4.69, 9.17) is 5.21 Å². The standard InChI is InChI=1S/C11H14N2O/c14-13-11-7-2-1-5-9(11)10-6-3-4-8-12-10/h3-4,6,8-9,14H,1-2,5,7H2/t9-/m1/s1. The molecule has 0 spiro atoms. The summed E-state index contributed by atoms with van der Waals surface area (Å²) in [7, 11) is 0. The summed E-state index contributed by atoms with van der Waals surface area (Å²) in [5, 5.41) is 12.3. The maximum Gasteiger partial charge on any atom is 0.0661 e. The second kappa shape index (κ2) is 4.22. The van der Waals surface area contributed by atoms with E-state index in [2.05, 4.69) is 10.1 Å². The molecular weight excluding hydrogens is 176 g/mol. The topological polar surface area (TPSA) is 45.5 Å². The predicted molar refractivity (Wildman–Crippen MR) is 54.7 cm³/mol. The highest BCUT2D eigenvalue weighted by atomic mass is 16.4. The van der Waals surface area contributed by atoms with Gasteiger partial charge in [-0.1, -0.05) is 17.6 Å². The van der Waals surface area contributed by atoms with Crippen LogP contribution in [0.5, 0.6) is 0 Å². The van der Waals surface area contributed by atoms with Crippen molar-refractivity contribution in [1.82, 2.24) is 4.98 Å². The van der Waals surface area contributed by atoms with Gasteiger partial charge in [0.1, 0.15) is 0 Å². The molecule has 1 atom stereocenters. The molecule has 74 valence electrons. The third kappa shape index (κ3) is 1.76. The van der Waals surface area contributed by atoms with E-state index >= 15 is 0 Å². The molecule has 0 amide bonds. The lowest BCUT2D eigenvalue weighted by atomic mass is 9.85. The van der Waals surface area contributed by atoms with Gasteiger partial charge < -0.3 is 5.21 Å². The number of aromatic nitrogens is 1. The monoisotopic (exact) mass is 190 g/mol. The summed E-state index contributed by atoms with van der Waals surface area (Å²) in [4.78, 5) is 4.31. The van der Waals surface area contributed by atoms with Gasteiger partial charge in [-0.05, 0) is 31.4 Å². The van der Waals surface area contributed by atoms with Gasteiger partial charge in [-0.25, -0.2) is 0 Å². The molecular formula is C11H14N2O. The number of hydrogen-bond donors (Lipinski definition) is 1. The molecule has 1 fully saturated rings. The SMILES string of the molecule is ON=C1CCCC[C@@H]1c1ccccn1. The lowest BCUT2D eigenvalue weighted by Crippen LogP contribution is -2.18.